The molecule has 2 aromatic carbocycles. The fraction of sp³-hybridized carbons (Fsp3) is 0.185. The molecule has 3 aromatic heterocycles. The van der Waals surface area contributed by atoms with Gasteiger partial charge in [-0.2, -0.15) is 15.1 Å². The van der Waals surface area contributed by atoms with Crippen LogP contribution in [-0.4, -0.2) is 29.4 Å². The van der Waals surface area contributed by atoms with Gasteiger partial charge in [0.1, 0.15) is 35.9 Å². The molecular weight excluding hydrogens is 456 g/mol. The number of para-hydroxylation sites is 2. The second-order valence-corrected chi connectivity index (χ2v) is 8.63. The number of rotatable bonds is 4. The van der Waals surface area contributed by atoms with Crippen molar-refractivity contribution in [2.24, 2.45) is 5.10 Å². The minimum atomic E-state index is -0.263. The van der Waals surface area contributed by atoms with Gasteiger partial charge >= 0.3 is 0 Å². The Balaban J connectivity index is 1.45. The van der Waals surface area contributed by atoms with Crippen LogP contribution in [0.2, 0.25) is 0 Å². The van der Waals surface area contributed by atoms with Gasteiger partial charge in [0.25, 0.3) is 11.4 Å². The number of aromatic amines is 2. The summed E-state index contributed by atoms with van der Waals surface area (Å²) in [6, 6.07) is 15.6. The molecule has 6 rings (SSSR count). The number of hydrazone groups is 1. The lowest BCUT2D eigenvalue weighted by molar-refractivity contribution is -0.465. The van der Waals surface area contributed by atoms with Crippen LogP contribution in [0.3, 0.4) is 0 Å². The summed E-state index contributed by atoms with van der Waals surface area (Å²) < 4.78 is 13.3. The molecular formula is C27H23N6O3+. The van der Waals surface area contributed by atoms with E-state index in [1.54, 1.807) is 12.1 Å². The van der Waals surface area contributed by atoms with Crippen LogP contribution in [0.1, 0.15) is 29.2 Å². The number of nitrogens with one attached hydrogen (secondary N) is 3. The van der Waals surface area contributed by atoms with Crippen molar-refractivity contribution >= 4 is 39.6 Å². The van der Waals surface area contributed by atoms with Gasteiger partial charge in [-0.25, -0.2) is 0 Å². The molecule has 4 heterocycles. The molecule has 0 saturated heterocycles. The molecule has 0 spiro atoms. The van der Waals surface area contributed by atoms with E-state index in [0.717, 1.165) is 33.4 Å². The van der Waals surface area contributed by atoms with Gasteiger partial charge < -0.3 is 14.5 Å². The zero-order valence-corrected chi connectivity index (χ0v) is 19.8. The predicted octanol–water partition coefficient (Wildman–Crippen LogP) is 3.71. The molecule has 9 heteroatoms. The smallest absolute Gasteiger partial charge is 0.257 e. The van der Waals surface area contributed by atoms with Crippen molar-refractivity contribution in [3.63, 3.8) is 0 Å². The Labute approximate surface area is 205 Å². The summed E-state index contributed by atoms with van der Waals surface area (Å²) in [5, 5.41) is 15.1. The van der Waals surface area contributed by atoms with Gasteiger partial charge in [-0.05, 0) is 43.2 Å². The Morgan fingerprint density at radius 2 is 1.92 bits per heavy atom. The molecule has 0 fully saturated rings. The Kier molecular flexibility index (Phi) is 5.08. The van der Waals surface area contributed by atoms with Crippen molar-refractivity contribution in [1.29, 1.82) is 5.26 Å². The summed E-state index contributed by atoms with van der Waals surface area (Å²) in [7, 11) is 0. The molecule has 5 aromatic rings. The molecule has 0 atom stereocenters. The van der Waals surface area contributed by atoms with Gasteiger partial charge in [-0.15, -0.1) is 5.10 Å². The first-order valence-corrected chi connectivity index (χ1v) is 11.7. The number of anilines is 1. The molecule has 1 aliphatic rings. The van der Waals surface area contributed by atoms with Crippen LogP contribution >= 0.6 is 0 Å². The van der Waals surface area contributed by atoms with Crippen LogP contribution in [0.15, 0.2) is 52.4 Å². The zero-order valence-electron chi connectivity index (χ0n) is 19.8. The molecule has 0 amide bonds. The summed E-state index contributed by atoms with van der Waals surface area (Å²) in [6.45, 7) is 4.96. The van der Waals surface area contributed by atoms with E-state index in [4.69, 9.17) is 9.47 Å². The molecule has 0 radical (unpaired) electrons. The number of fused-ring (bicyclic) bond motifs is 5. The number of H-pyrrole nitrogens is 2. The molecule has 9 nitrogen and oxygen atoms in total. The van der Waals surface area contributed by atoms with E-state index in [1.807, 2.05) is 48.6 Å². The molecule has 1 aliphatic heterocycles. The number of aromatic nitrogens is 3. The Bertz CT molecular complexity index is 1810. The second-order valence-electron chi connectivity index (χ2n) is 8.63. The molecule has 178 valence electrons. The first-order chi connectivity index (χ1) is 17.6. The summed E-state index contributed by atoms with van der Waals surface area (Å²) in [4.78, 5) is 19.0. The Hall–Kier alpha value is -4.84. The lowest BCUT2D eigenvalue weighted by Gasteiger charge is -2.18. The number of hydrogen-bond donors (Lipinski definition) is 3. The van der Waals surface area contributed by atoms with Gasteiger partial charge in [0.05, 0.1) is 17.3 Å². The van der Waals surface area contributed by atoms with Crippen LogP contribution < -0.4 is 24.9 Å². The third-order valence-corrected chi connectivity index (χ3v) is 6.57. The maximum absolute atomic E-state index is 12.8. The number of nitrogens with zero attached hydrogens (tertiary/aromatic N) is 3. The van der Waals surface area contributed by atoms with Crippen molar-refractivity contribution in [2.75, 3.05) is 18.6 Å². The fourth-order valence-electron chi connectivity index (χ4n) is 4.83. The number of imidazole rings is 1. The molecule has 36 heavy (non-hydrogen) atoms. The fourth-order valence-corrected chi connectivity index (χ4v) is 4.83. The summed E-state index contributed by atoms with van der Waals surface area (Å²) >= 11 is 0. The predicted molar refractivity (Wildman–Crippen MR) is 137 cm³/mol. The largest absolute Gasteiger partial charge is 0.486 e. The minimum Gasteiger partial charge on any atom is -0.486 e. The normalized spacial score (nSPS) is 13.0. The van der Waals surface area contributed by atoms with Crippen molar-refractivity contribution in [2.45, 2.75) is 20.3 Å². The zero-order chi connectivity index (χ0) is 24.8. The first-order valence-electron chi connectivity index (χ1n) is 11.7. The van der Waals surface area contributed by atoms with Crippen LogP contribution in [0.25, 0.3) is 27.6 Å². The monoisotopic (exact) mass is 479 g/mol. The highest BCUT2D eigenvalue weighted by Crippen LogP contribution is 2.33. The highest BCUT2D eigenvalue weighted by atomic mass is 16.6. The number of ether oxygens (including phenoxy) is 2. The van der Waals surface area contributed by atoms with Crippen LogP contribution in [0.5, 0.6) is 11.5 Å². The van der Waals surface area contributed by atoms with Crippen molar-refractivity contribution in [1.82, 2.24) is 9.97 Å². The van der Waals surface area contributed by atoms with Crippen molar-refractivity contribution in [3.05, 3.63) is 75.1 Å². The van der Waals surface area contributed by atoms with Crippen LogP contribution in [0.4, 0.5) is 5.82 Å². The minimum absolute atomic E-state index is 0.263. The topological polar surface area (TPSA) is 119 Å². The van der Waals surface area contributed by atoms with Crippen LogP contribution in [-0.2, 0) is 6.42 Å². The lowest BCUT2D eigenvalue weighted by atomic mass is 10.0. The summed E-state index contributed by atoms with van der Waals surface area (Å²) in [5.41, 5.74) is 8.95. The molecule has 3 N–H and O–H groups in total. The van der Waals surface area contributed by atoms with Gasteiger partial charge in [0, 0.05) is 17.0 Å². The SMILES string of the molecule is CCc1c(C)c(C#N)c2[nH]c3ccccc3[n+]2c1N/N=C/c1cc2cc3c(cc2[nH]c1=O)OCCO3. The molecule has 0 unspecified atom stereocenters. The maximum Gasteiger partial charge on any atom is 0.257 e. The van der Waals surface area contributed by atoms with E-state index >= 15 is 0 Å². The lowest BCUT2D eigenvalue weighted by Crippen LogP contribution is -2.28. The van der Waals surface area contributed by atoms with Gasteiger partial charge in [-0.1, -0.05) is 19.1 Å². The number of pyridine rings is 2. The van der Waals surface area contributed by atoms with Crippen LogP contribution in [0, 0.1) is 18.3 Å². The molecule has 0 bridgehead atoms. The highest BCUT2D eigenvalue weighted by molar-refractivity contribution is 5.89. The Morgan fingerprint density at radius 3 is 2.69 bits per heavy atom. The van der Waals surface area contributed by atoms with Gasteiger partial charge in [-0.3, -0.25) is 9.78 Å². The second kappa shape index (κ2) is 8.43. The molecule has 0 aliphatic carbocycles. The number of nitriles is 1. The maximum atomic E-state index is 12.8. The number of benzene rings is 2. The van der Waals surface area contributed by atoms with E-state index in [0.29, 0.717) is 53.4 Å². The summed E-state index contributed by atoms with van der Waals surface area (Å²) in [5.74, 6) is 2.02. The average Bonchev–Trinajstić information content (AvgIpc) is 3.27. The van der Waals surface area contributed by atoms with Gasteiger partial charge in [0.2, 0.25) is 5.65 Å². The van der Waals surface area contributed by atoms with Gasteiger partial charge in [0.15, 0.2) is 11.5 Å². The highest BCUT2D eigenvalue weighted by Gasteiger charge is 2.24. The van der Waals surface area contributed by atoms with Crippen molar-refractivity contribution < 1.29 is 13.9 Å². The first kappa shape index (κ1) is 21.7. The Morgan fingerprint density at radius 1 is 1.14 bits per heavy atom. The van der Waals surface area contributed by atoms with E-state index in [-0.39, 0.29) is 5.56 Å². The van der Waals surface area contributed by atoms with E-state index < -0.39 is 0 Å². The van der Waals surface area contributed by atoms with E-state index in [9.17, 15) is 10.1 Å². The standard InChI is InChI=1S/C27H22N6O3/c1-3-18-15(2)19(13-28)25-30-20-6-4-5-7-22(20)33(25)26(18)32-29-14-17-10-16-11-23-24(36-9-8-35-23)12-21(16)31-27(17)34/h4-7,10-12,14H,3,8-9H2,1-2H3,(H2,29,30,31,32,34)/p+1. The van der Waals surface area contributed by atoms with Crippen molar-refractivity contribution in [3.8, 4) is 17.6 Å². The average molecular weight is 480 g/mol. The number of hydrogen-bond acceptors (Lipinski definition) is 6. The van der Waals surface area contributed by atoms with E-state index in [2.05, 4.69) is 26.6 Å². The third-order valence-electron chi connectivity index (χ3n) is 6.57. The van der Waals surface area contributed by atoms with E-state index in [1.165, 1.54) is 6.21 Å². The third kappa shape index (κ3) is 3.34. The molecule has 0 saturated carbocycles. The summed E-state index contributed by atoms with van der Waals surface area (Å²) in [6.07, 6.45) is 2.20. The quantitative estimate of drug-likeness (QED) is 0.206.